The molecule has 0 N–H and O–H groups in total. The molecule has 0 atom stereocenters. The molecular formula is C13H23NO. The highest BCUT2D eigenvalue weighted by Gasteiger charge is 2.47. The molecule has 1 saturated heterocycles. The van der Waals surface area contributed by atoms with Gasteiger partial charge in [0.05, 0.1) is 5.54 Å². The average molecular weight is 209 g/mol. The molecule has 0 unspecified atom stereocenters. The SMILES string of the molecule is CCC(CC)(C(=O)C1CC1)N1CCCC1. The molecule has 0 radical (unpaired) electrons. The molecule has 2 heteroatoms. The lowest BCUT2D eigenvalue weighted by atomic mass is 9.84. The molecule has 0 spiro atoms. The summed E-state index contributed by atoms with van der Waals surface area (Å²) in [6.07, 6.45) is 6.85. The summed E-state index contributed by atoms with van der Waals surface area (Å²) in [5, 5.41) is 0. The average Bonchev–Trinajstić information content (AvgIpc) is 2.98. The smallest absolute Gasteiger partial charge is 0.156 e. The summed E-state index contributed by atoms with van der Waals surface area (Å²) in [5.74, 6) is 0.958. The van der Waals surface area contributed by atoms with Crippen LogP contribution in [0.1, 0.15) is 52.4 Å². The van der Waals surface area contributed by atoms with Crippen LogP contribution in [0.15, 0.2) is 0 Å². The minimum atomic E-state index is -0.0995. The fourth-order valence-corrected chi connectivity index (χ4v) is 3.07. The number of Topliss-reactive ketones (excluding diaryl/α,β-unsaturated/α-hetero) is 1. The van der Waals surface area contributed by atoms with Crippen LogP contribution in [0.2, 0.25) is 0 Å². The van der Waals surface area contributed by atoms with Crippen LogP contribution in [0.5, 0.6) is 0 Å². The summed E-state index contributed by atoms with van der Waals surface area (Å²) in [6, 6.07) is 0. The number of ketones is 1. The van der Waals surface area contributed by atoms with E-state index in [-0.39, 0.29) is 5.54 Å². The molecule has 1 aliphatic carbocycles. The summed E-state index contributed by atoms with van der Waals surface area (Å²) in [4.78, 5) is 14.9. The zero-order valence-corrected chi connectivity index (χ0v) is 10.1. The molecule has 1 heterocycles. The first kappa shape index (κ1) is 11.1. The molecule has 0 aromatic rings. The monoisotopic (exact) mass is 209 g/mol. The van der Waals surface area contributed by atoms with E-state index in [9.17, 15) is 4.79 Å². The van der Waals surface area contributed by atoms with E-state index in [1.807, 2.05) is 0 Å². The Hall–Kier alpha value is -0.370. The van der Waals surface area contributed by atoms with Gasteiger partial charge in [0, 0.05) is 5.92 Å². The molecule has 2 rings (SSSR count). The van der Waals surface area contributed by atoms with Crippen molar-refractivity contribution in [2.45, 2.75) is 57.9 Å². The highest BCUT2D eigenvalue weighted by molar-refractivity contribution is 5.92. The summed E-state index contributed by atoms with van der Waals surface area (Å²) in [7, 11) is 0. The number of hydrogen-bond acceptors (Lipinski definition) is 2. The van der Waals surface area contributed by atoms with Crippen molar-refractivity contribution in [3.8, 4) is 0 Å². The zero-order valence-electron chi connectivity index (χ0n) is 10.1. The third-order valence-electron chi connectivity index (χ3n) is 4.29. The highest BCUT2D eigenvalue weighted by atomic mass is 16.1. The van der Waals surface area contributed by atoms with Gasteiger partial charge in [0.1, 0.15) is 0 Å². The maximum atomic E-state index is 12.4. The van der Waals surface area contributed by atoms with Gasteiger partial charge in [0.15, 0.2) is 5.78 Å². The second-order valence-electron chi connectivity index (χ2n) is 5.07. The van der Waals surface area contributed by atoms with E-state index in [0.29, 0.717) is 11.7 Å². The number of likely N-dealkylation sites (tertiary alicyclic amines) is 1. The van der Waals surface area contributed by atoms with Crippen LogP contribution in [-0.2, 0) is 4.79 Å². The highest BCUT2D eigenvalue weighted by Crippen LogP contribution is 2.39. The van der Waals surface area contributed by atoms with Gasteiger partial charge in [-0.15, -0.1) is 0 Å². The van der Waals surface area contributed by atoms with Gasteiger partial charge in [0.25, 0.3) is 0 Å². The van der Waals surface area contributed by atoms with Crippen molar-refractivity contribution in [2.75, 3.05) is 13.1 Å². The lowest BCUT2D eigenvalue weighted by Gasteiger charge is -2.39. The van der Waals surface area contributed by atoms with Gasteiger partial charge in [-0.3, -0.25) is 9.69 Å². The van der Waals surface area contributed by atoms with Crippen LogP contribution in [-0.4, -0.2) is 29.3 Å². The van der Waals surface area contributed by atoms with Crippen molar-refractivity contribution < 1.29 is 4.79 Å². The third kappa shape index (κ3) is 1.84. The van der Waals surface area contributed by atoms with Crippen LogP contribution in [0.4, 0.5) is 0 Å². The molecule has 2 fully saturated rings. The second kappa shape index (κ2) is 4.25. The van der Waals surface area contributed by atoms with Gasteiger partial charge < -0.3 is 0 Å². The molecule has 2 aliphatic rings. The molecule has 0 aromatic heterocycles. The fraction of sp³-hybridized carbons (Fsp3) is 0.923. The predicted octanol–water partition coefficient (Wildman–Crippen LogP) is 2.62. The van der Waals surface area contributed by atoms with Crippen LogP contribution >= 0.6 is 0 Å². The van der Waals surface area contributed by atoms with Gasteiger partial charge in [-0.25, -0.2) is 0 Å². The maximum absolute atomic E-state index is 12.4. The Kier molecular flexibility index (Phi) is 3.15. The van der Waals surface area contributed by atoms with Gasteiger partial charge in [-0.2, -0.15) is 0 Å². The Morgan fingerprint density at radius 3 is 2.13 bits per heavy atom. The minimum Gasteiger partial charge on any atom is -0.297 e. The molecule has 15 heavy (non-hydrogen) atoms. The van der Waals surface area contributed by atoms with E-state index in [1.54, 1.807) is 0 Å². The minimum absolute atomic E-state index is 0.0995. The molecule has 86 valence electrons. The van der Waals surface area contributed by atoms with Gasteiger partial charge in [-0.1, -0.05) is 13.8 Å². The zero-order chi connectivity index (χ0) is 10.9. The van der Waals surface area contributed by atoms with Crippen molar-refractivity contribution >= 4 is 5.78 Å². The maximum Gasteiger partial charge on any atom is 0.156 e. The van der Waals surface area contributed by atoms with Crippen molar-refractivity contribution in [1.29, 1.82) is 0 Å². The summed E-state index contributed by atoms with van der Waals surface area (Å²) < 4.78 is 0. The van der Waals surface area contributed by atoms with Crippen molar-refractivity contribution in [2.24, 2.45) is 5.92 Å². The van der Waals surface area contributed by atoms with Crippen LogP contribution in [0.3, 0.4) is 0 Å². The molecule has 1 saturated carbocycles. The van der Waals surface area contributed by atoms with Gasteiger partial charge >= 0.3 is 0 Å². The molecule has 0 bridgehead atoms. The Morgan fingerprint density at radius 1 is 1.20 bits per heavy atom. The fourth-order valence-electron chi connectivity index (χ4n) is 3.07. The van der Waals surface area contributed by atoms with Gasteiger partial charge in [0.2, 0.25) is 0 Å². The van der Waals surface area contributed by atoms with Crippen molar-refractivity contribution in [1.82, 2.24) is 4.90 Å². The Labute approximate surface area is 93.0 Å². The molecule has 2 nitrogen and oxygen atoms in total. The first-order valence-electron chi connectivity index (χ1n) is 6.54. The second-order valence-corrected chi connectivity index (χ2v) is 5.07. The molecular weight excluding hydrogens is 186 g/mol. The Bertz CT molecular complexity index is 235. The van der Waals surface area contributed by atoms with E-state index < -0.39 is 0 Å². The lowest BCUT2D eigenvalue weighted by Crippen LogP contribution is -2.53. The molecule has 1 aliphatic heterocycles. The quantitative estimate of drug-likeness (QED) is 0.693. The first-order chi connectivity index (χ1) is 7.24. The molecule has 0 amide bonds. The van der Waals surface area contributed by atoms with E-state index in [2.05, 4.69) is 18.7 Å². The van der Waals surface area contributed by atoms with E-state index in [0.717, 1.165) is 38.8 Å². The normalized spacial score (nSPS) is 23.3. The van der Waals surface area contributed by atoms with Crippen LogP contribution in [0, 0.1) is 5.92 Å². The van der Waals surface area contributed by atoms with E-state index in [4.69, 9.17) is 0 Å². The van der Waals surface area contributed by atoms with Crippen molar-refractivity contribution in [3.63, 3.8) is 0 Å². The lowest BCUT2D eigenvalue weighted by molar-refractivity contribution is -0.132. The third-order valence-corrected chi connectivity index (χ3v) is 4.29. The predicted molar refractivity (Wildman–Crippen MR) is 61.9 cm³/mol. The largest absolute Gasteiger partial charge is 0.297 e. The Morgan fingerprint density at radius 2 is 1.73 bits per heavy atom. The standard InChI is InChI=1S/C13H23NO/c1-3-13(4-2,12(15)11-7-8-11)14-9-5-6-10-14/h11H,3-10H2,1-2H3. The van der Waals surface area contributed by atoms with Gasteiger partial charge in [-0.05, 0) is 51.6 Å². The number of carbonyl (C=O) groups is 1. The van der Waals surface area contributed by atoms with Crippen molar-refractivity contribution in [3.05, 3.63) is 0 Å². The summed E-state index contributed by atoms with van der Waals surface area (Å²) in [5.41, 5.74) is -0.0995. The van der Waals surface area contributed by atoms with E-state index >= 15 is 0 Å². The topological polar surface area (TPSA) is 20.3 Å². The Balaban J connectivity index is 2.16. The number of rotatable bonds is 5. The first-order valence-corrected chi connectivity index (χ1v) is 6.54. The summed E-state index contributed by atoms with van der Waals surface area (Å²) in [6.45, 7) is 6.64. The number of nitrogens with zero attached hydrogens (tertiary/aromatic N) is 1. The van der Waals surface area contributed by atoms with Crippen LogP contribution < -0.4 is 0 Å². The number of carbonyl (C=O) groups excluding carboxylic acids is 1. The van der Waals surface area contributed by atoms with E-state index in [1.165, 1.54) is 12.8 Å². The summed E-state index contributed by atoms with van der Waals surface area (Å²) >= 11 is 0. The van der Waals surface area contributed by atoms with Crippen LogP contribution in [0.25, 0.3) is 0 Å². The molecule has 0 aromatic carbocycles. The number of hydrogen-bond donors (Lipinski definition) is 0.